The zero-order valence-electron chi connectivity index (χ0n) is 15.8. The minimum Gasteiger partial charge on any atom is -0.406 e. The Morgan fingerprint density at radius 2 is 1.87 bits per heavy atom. The molecule has 0 fully saturated rings. The minimum absolute atomic E-state index is 0.0779. The van der Waals surface area contributed by atoms with Crippen molar-refractivity contribution in [3.63, 3.8) is 0 Å². The van der Waals surface area contributed by atoms with Gasteiger partial charge in [-0.05, 0) is 54.5 Å². The monoisotopic (exact) mass is 419 g/mol. The summed E-state index contributed by atoms with van der Waals surface area (Å²) in [4.78, 5) is 11.3. The average molecular weight is 419 g/mol. The van der Waals surface area contributed by atoms with E-state index in [4.69, 9.17) is 5.73 Å². The van der Waals surface area contributed by atoms with Crippen LogP contribution in [0.1, 0.15) is 32.9 Å². The third kappa shape index (κ3) is 5.47. The Hall–Kier alpha value is -3.62. The number of hydrogen-bond acceptors (Lipinski definition) is 3. The molecule has 0 atom stereocenters. The summed E-state index contributed by atoms with van der Waals surface area (Å²) in [6.07, 6.45) is -3.62. The van der Waals surface area contributed by atoms with Crippen LogP contribution in [0, 0.1) is 6.92 Å². The smallest absolute Gasteiger partial charge is 0.406 e. The number of carbonyl (C=O) groups excluding carboxylic acids is 1. The summed E-state index contributed by atoms with van der Waals surface area (Å²) < 4.78 is 56.6. The first-order chi connectivity index (χ1) is 14.1. The van der Waals surface area contributed by atoms with Gasteiger partial charge in [0.05, 0.1) is 6.54 Å². The number of halogens is 4. The van der Waals surface area contributed by atoms with Gasteiger partial charge >= 0.3 is 6.36 Å². The fraction of sp³-hybridized carbons (Fsp3) is 0.143. The second kappa shape index (κ2) is 8.40. The Morgan fingerprint density at radius 1 is 1.17 bits per heavy atom. The molecule has 0 radical (unpaired) electrons. The Bertz CT molecular complexity index is 1090. The maximum absolute atomic E-state index is 14.6. The molecule has 1 amide bonds. The fourth-order valence-corrected chi connectivity index (χ4v) is 2.77. The lowest BCUT2D eigenvalue weighted by molar-refractivity contribution is -0.274. The summed E-state index contributed by atoms with van der Waals surface area (Å²) in [6, 6.07) is 13.1. The van der Waals surface area contributed by atoms with Crippen LogP contribution < -0.4 is 10.5 Å². The summed E-state index contributed by atoms with van der Waals surface area (Å²) in [6.45, 7) is 2.06. The molecule has 2 N–H and O–H groups in total. The van der Waals surface area contributed by atoms with Crippen LogP contribution in [0.25, 0.3) is 11.9 Å². The van der Waals surface area contributed by atoms with Crippen molar-refractivity contribution in [2.75, 3.05) is 0 Å². The average Bonchev–Trinajstić information content (AvgIpc) is 3.03. The second-order valence-corrected chi connectivity index (χ2v) is 6.50. The molecule has 1 aromatic heterocycles. The van der Waals surface area contributed by atoms with Crippen LogP contribution in [0.15, 0.2) is 54.6 Å². The summed E-state index contributed by atoms with van der Waals surface area (Å²) in [7, 11) is 0. The van der Waals surface area contributed by atoms with Crippen LogP contribution in [0.3, 0.4) is 0 Å². The van der Waals surface area contributed by atoms with Gasteiger partial charge < -0.3 is 10.5 Å². The van der Waals surface area contributed by atoms with Crippen molar-refractivity contribution < 1.29 is 27.1 Å². The lowest BCUT2D eigenvalue weighted by atomic mass is 10.1. The Labute approximate surface area is 169 Å². The number of rotatable bonds is 6. The Kier molecular flexibility index (Phi) is 5.91. The molecule has 0 unspecified atom stereocenters. The predicted molar refractivity (Wildman–Crippen MR) is 103 cm³/mol. The number of ether oxygens (including phenoxy) is 1. The molecule has 9 heteroatoms. The number of primary amides is 1. The molecule has 0 saturated heterocycles. The van der Waals surface area contributed by atoms with Gasteiger partial charge in [-0.15, -0.1) is 13.2 Å². The lowest BCUT2D eigenvalue weighted by Gasteiger charge is -2.08. The van der Waals surface area contributed by atoms with Gasteiger partial charge in [-0.1, -0.05) is 24.3 Å². The zero-order valence-corrected chi connectivity index (χ0v) is 15.8. The zero-order chi connectivity index (χ0) is 21.9. The van der Waals surface area contributed by atoms with Crippen molar-refractivity contribution in [1.29, 1.82) is 0 Å². The molecule has 0 aliphatic rings. The van der Waals surface area contributed by atoms with Crippen LogP contribution in [0.5, 0.6) is 5.75 Å². The van der Waals surface area contributed by atoms with Gasteiger partial charge in [0.25, 0.3) is 0 Å². The highest BCUT2D eigenvalue weighted by Crippen LogP contribution is 2.25. The normalized spacial score (nSPS) is 12.1. The topological polar surface area (TPSA) is 70.1 Å². The summed E-state index contributed by atoms with van der Waals surface area (Å²) in [5.41, 5.74) is 7.53. The van der Waals surface area contributed by atoms with E-state index in [0.717, 1.165) is 23.8 Å². The van der Waals surface area contributed by atoms with Gasteiger partial charge in [-0.3, -0.25) is 9.48 Å². The van der Waals surface area contributed by atoms with Gasteiger partial charge in [-0.25, -0.2) is 4.39 Å². The fourth-order valence-electron chi connectivity index (χ4n) is 2.77. The third-order valence-electron chi connectivity index (χ3n) is 4.18. The number of alkyl halides is 3. The number of aryl methyl sites for hydroxylation is 1. The van der Waals surface area contributed by atoms with Gasteiger partial charge in [0, 0.05) is 11.3 Å². The highest BCUT2D eigenvalue weighted by Gasteiger charge is 2.30. The van der Waals surface area contributed by atoms with Gasteiger partial charge in [0.15, 0.2) is 5.83 Å². The molecule has 0 bridgehead atoms. The Balaban J connectivity index is 1.77. The number of hydrogen-bond donors (Lipinski definition) is 1. The summed E-state index contributed by atoms with van der Waals surface area (Å²) >= 11 is 0. The summed E-state index contributed by atoms with van der Waals surface area (Å²) in [5, 5.41) is 4.23. The molecule has 1 heterocycles. The van der Waals surface area contributed by atoms with Crippen LogP contribution in [0.4, 0.5) is 17.6 Å². The predicted octanol–water partition coefficient (Wildman–Crippen LogP) is 4.70. The van der Waals surface area contributed by atoms with Crippen LogP contribution in [0.2, 0.25) is 0 Å². The number of aromatic nitrogens is 2. The molecule has 3 aromatic rings. The molecular weight excluding hydrogens is 402 g/mol. The standard InChI is InChI=1S/C21H17F4N3O2/c1-13-9-19(27-28(13)12-15-3-2-4-16(10-15)20(26)29)18(22)11-14-5-7-17(8-6-14)30-21(23,24)25/h2-11H,12H2,1H3,(H2,26,29)/b18-11-. The van der Waals surface area contributed by atoms with Crippen molar-refractivity contribution in [3.8, 4) is 5.75 Å². The van der Waals surface area contributed by atoms with Crippen molar-refractivity contribution in [2.24, 2.45) is 5.73 Å². The van der Waals surface area contributed by atoms with Gasteiger partial charge in [0.2, 0.25) is 5.91 Å². The highest BCUT2D eigenvalue weighted by molar-refractivity contribution is 5.92. The van der Waals surface area contributed by atoms with Crippen molar-refractivity contribution in [3.05, 3.63) is 82.7 Å². The molecular formula is C21H17F4N3O2. The minimum atomic E-state index is -4.79. The second-order valence-electron chi connectivity index (χ2n) is 6.50. The van der Waals surface area contributed by atoms with E-state index < -0.39 is 23.8 Å². The van der Waals surface area contributed by atoms with E-state index in [0.29, 0.717) is 23.4 Å². The van der Waals surface area contributed by atoms with E-state index in [9.17, 15) is 22.4 Å². The van der Waals surface area contributed by atoms with E-state index in [1.54, 1.807) is 41.9 Å². The number of nitrogens with zero attached hydrogens (tertiary/aromatic N) is 2. The van der Waals surface area contributed by atoms with E-state index in [2.05, 4.69) is 9.84 Å². The first-order valence-electron chi connectivity index (χ1n) is 8.77. The largest absolute Gasteiger partial charge is 0.573 e. The molecule has 5 nitrogen and oxygen atoms in total. The van der Waals surface area contributed by atoms with E-state index in [1.165, 1.54) is 12.1 Å². The highest BCUT2D eigenvalue weighted by atomic mass is 19.4. The first-order valence-corrected chi connectivity index (χ1v) is 8.77. The maximum atomic E-state index is 14.6. The Morgan fingerprint density at radius 3 is 2.50 bits per heavy atom. The maximum Gasteiger partial charge on any atom is 0.573 e. The molecule has 2 aromatic carbocycles. The molecule has 0 aliphatic carbocycles. The van der Waals surface area contributed by atoms with E-state index in [1.807, 2.05) is 0 Å². The van der Waals surface area contributed by atoms with E-state index in [-0.39, 0.29) is 5.69 Å². The first kappa shape index (κ1) is 21.1. The summed E-state index contributed by atoms with van der Waals surface area (Å²) in [5.74, 6) is -1.58. The van der Waals surface area contributed by atoms with Crippen molar-refractivity contribution in [2.45, 2.75) is 19.8 Å². The van der Waals surface area contributed by atoms with Gasteiger partial charge in [-0.2, -0.15) is 5.10 Å². The SMILES string of the molecule is Cc1cc(/C(F)=C/c2ccc(OC(F)(F)F)cc2)nn1Cc1cccc(C(N)=O)c1. The van der Waals surface area contributed by atoms with Gasteiger partial charge in [0.1, 0.15) is 11.4 Å². The third-order valence-corrected chi connectivity index (χ3v) is 4.18. The number of amides is 1. The molecule has 30 heavy (non-hydrogen) atoms. The molecule has 3 rings (SSSR count). The lowest BCUT2D eigenvalue weighted by Crippen LogP contribution is -2.16. The molecule has 0 spiro atoms. The quantitative estimate of drug-likeness (QED) is 0.589. The molecule has 0 aliphatic heterocycles. The van der Waals surface area contributed by atoms with E-state index >= 15 is 0 Å². The molecule has 156 valence electrons. The number of benzene rings is 2. The number of nitrogens with two attached hydrogens (primary N) is 1. The van der Waals surface area contributed by atoms with Crippen LogP contribution in [-0.2, 0) is 6.54 Å². The van der Waals surface area contributed by atoms with Crippen molar-refractivity contribution in [1.82, 2.24) is 9.78 Å². The van der Waals surface area contributed by atoms with Crippen LogP contribution in [-0.4, -0.2) is 22.1 Å². The molecule has 0 saturated carbocycles. The van der Waals surface area contributed by atoms with Crippen LogP contribution >= 0.6 is 0 Å². The van der Waals surface area contributed by atoms with Crippen molar-refractivity contribution >= 4 is 17.8 Å². The number of carbonyl (C=O) groups is 1.